The van der Waals surface area contributed by atoms with Gasteiger partial charge in [0.15, 0.2) is 0 Å². The first-order chi connectivity index (χ1) is 15.6. The molecule has 3 amide bonds. The number of imide groups is 1. The van der Waals surface area contributed by atoms with E-state index in [4.69, 9.17) is 11.6 Å². The van der Waals surface area contributed by atoms with Gasteiger partial charge in [-0.25, -0.2) is 9.69 Å². The summed E-state index contributed by atoms with van der Waals surface area (Å²) in [5, 5.41) is 3.29. The average Bonchev–Trinajstić information content (AvgIpc) is 3.07. The molecular formula is C23H17ClF3N3O2S. The molecule has 0 spiro atoms. The minimum absolute atomic E-state index is 0.0346. The van der Waals surface area contributed by atoms with Crippen LogP contribution in [-0.2, 0) is 4.79 Å². The van der Waals surface area contributed by atoms with E-state index in [0.717, 1.165) is 21.6 Å². The summed E-state index contributed by atoms with van der Waals surface area (Å²) in [5.74, 6) is -0.886. The van der Waals surface area contributed by atoms with Crippen LogP contribution in [-0.4, -0.2) is 28.5 Å². The molecule has 33 heavy (non-hydrogen) atoms. The summed E-state index contributed by atoms with van der Waals surface area (Å²) < 4.78 is 37.7. The predicted molar refractivity (Wildman–Crippen MR) is 121 cm³/mol. The summed E-state index contributed by atoms with van der Waals surface area (Å²) in [6, 6.07) is 12.6. The molecule has 0 saturated carbocycles. The van der Waals surface area contributed by atoms with Crippen LogP contribution in [0.3, 0.4) is 0 Å². The van der Waals surface area contributed by atoms with E-state index in [1.165, 1.54) is 24.3 Å². The van der Waals surface area contributed by atoms with Crippen LogP contribution in [0, 0.1) is 0 Å². The molecule has 0 aliphatic carbocycles. The van der Waals surface area contributed by atoms with Crippen LogP contribution in [0.25, 0.3) is 11.1 Å². The van der Waals surface area contributed by atoms with Crippen LogP contribution in [0.4, 0.5) is 23.7 Å². The second-order valence-corrected chi connectivity index (χ2v) is 8.98. The van der Waals surface area contributed by atoms with Gasteiger partial charge in [-0.15, -0.1) is 0 Å². The fourth-order valence-electron chi connectivity index (χ4n) is 3.73. The Morgan fingerprint density at radius 3 is 2.36 bits per heavy atom. The van der Waals surface area contributed by atoms with Crippen molar-refractivity contribution < 1.29 is 22.8 Å². The van der Waals surface area contributed by atoms with E-state index < -0.39 is 29.4 Å². The lowest BCUT2D eigenvalue weighted by Gasteiger charge is -2.21. The monoisotopic (exact) mass is 491 g/mol. The van der Waals surface area contributed by atoms with Gasteiger partial charge in [0.05, 0.1) is 5.69 Å². The fraction of sp³-hybridized carbons (Fsp3) is 0.174. The molecule has 0 radical (unpaired) electrons. The molecule has 5 nitrogen and oxygen atoms in total. The SMILES string of the molecule is CC(c1ccncc1-c1ccc(Cl)cc1)C1NC(=O)N(c2ccc(SC(F)(F)F)cc2)C1=O. The number of carbonyl (C=O) groups is 2. The Morgan fingerprint density at radius 2 is 1.73 bits per heavy atom. The zero-order valence-electron chi connectivity index (χ0n) is 17.1. The number of halogens is 4. The Kier molecular flexibility index (Phi) is 6.36. The molecule has 1 saturated heterocycles. The molecule has 4 rings (SSSR count). The lowest BCUT2D eigenvalue weighted by Crippen LogP contribution is -2.35. The molecular weight excluding hydrogens is 475 g/mol. The van der Waals surface area contributed by atoms with Crippen molar-refractivity contribution in [3.63, 3.8) is 0 Å². The molecule has 1 aliphatic heterocycles. The van der Waals surface area contributed by atoms with E-state index in [1.54, 1.807) is 30.6 Å². The van der Waals surface area contributed by atoms with Crippen molar-refractivity contribution in [2.24, 2.45) is 0 Å². The third-order valence-electron chi connectivity index (χ3n) is 5.30. The second-order valence-electron chi connectivity index (χ2n) is 7.40. The second kappa shape index (κ2) is 9.07. The number of aromatic nitrogens is 1. The van der Waals surface area contributed by atoms with Gasteiger partial charge in [0.2, 0.25) is 0 Å². The highest BCUT2D eigenvalue weighted by atomic mass is 35.5. The molecule has 2 aromatic carbocycles. The number of carbonyl (C=O) groups excluding carboxylic acids is 2. The minimum Gasteiger partial charge on any atom is -0.325 e. The number of hydrogen-bond acceptors (Lipinski definition) is 4. The van der Waals surface area contributed by atoms with Crippen molar-refractivity contribution in [1.82, 2.24) is 10.3 Å². The summed E-state index contributed by atoms with van der Waals surface area (Å²) in [7, 11) is 0. The third kappa shape index (κ3) is 4.99. The molecule has 3 aromatic rings. The minimum atomic E-state index is -4.42. The summed E-state index contributed by atoms with van der Waals surface area (Å²) in [6.07, 6.45) is 3.30. The predicted octanol–water partition coefficient (Wildman–Crippen LogP) is 6.24. The van der Waals surface area contributed by atoms with Crippen LogP contribution >= 0.6 is 23.4 Å². The van der Waals surface area contributed by atoms with E-state index in [-0.39, 0.29) is 22.3 Å². The molecule has 1 aliphatic rings. The van der Waals surface area contributed by atoms with Crippen molar-refractivity contribution in [1.29, 1.82) is 0 Å². The lowest BCUT2D eigenvalue weighted by atomic mass is 9.88. The van der Waals surface area contributed by atoms with E-state index in [0.29, 0.717) is 5.02 Å². The number of rotatable bonds is 5. The van der Waals surface area contributed by atoms with Gasteiger partial charge in [-0.1, -0.05) is 30.7 Å². The van der Waals surface area contributed by atoms with Gasteiger partial charge >= 0.3 is 11.5 Å². The molecule has 2 atom stereocenters. The summed E-state index contributed by atoms with van der Waals surface area (Å²) >= 11 is 5.72. The summed E-state index contributed by atoms with van der Waals surface area (Å²) in [5.41, 5.74) is -1.75. The number of pyridine rings is 1. The number of anilines is 1. The first kappa shape index (κ1) is 23.1. The van der Waals surface area contributed by atoms with Crippen LogP contribution in [0.1, 0.15) is 18.4 Å². The average molecular weight is 492 g/mol. The Bertz CT molecular complexity index is 1190. The molecule has 0 bridgehead atoms. The fourth-order valence-corrected chi connectivity index (χ4v) is 4.40. The quantitative estimate of drug-likeness (QED) is 0.339. The van der Waals surface area contributed by atoms with E-state index in [1.807, 2.05) is 19.1 Å². The van der Waals surface area contributed by atoms with E-state index in [2.05, 4.69) is 10.3 Å². The number of nitrogens with one attached hydrogen (secondary N) is 1. The number of nitrogens with zero attached hydrogens (tertiary/aromatic N) is 2. The first-order valence-corrected chi connectivity index (χ1v) is 11.0. The lowest BCUT2D eigenvalue weighted by molar-refractivity contribution is -0.118. The number of amides is 3. The smallest absolute Gasteiger partial charge is 0.325 e. The number of benzene rings is 2. The largest absolute Gasteiger partial charge is 0.446 e. The third-order valence-corrected chi connectivity index (χ3v) is 6.29. The maximum absolute atomic E-state index is 13.2. The maximum atomic E-state index is 13.2. The normalized spacial score (nSPS) is 17.2. The van der Waals surface area contributed by atoms with Gasteiger partial charge in [-0.3, -0.25) is 9.78 Å². The van der Waals surface area contributed by atoms with Gasteiger partial charge < -0.3 is 5.32 Å². The number of alkyl halides is 3. The Morgan fingerprint density at radius 1 is 1.06 bits per heavy atom. The van der Waals surface area contributed by atoms with Crippen molar-refractivity contribution >= 4 is 41.0 Å². The summed E-state index contributed by atoms with van der Waals surface area (Å²) in [4.78, 5) is 30.9. The molecule has 2 unspecified atom stereocenters. The molecule has 1 fully saturated rings. The topological polar surface area (TPSA) is 62.3 Å². The van der Waals surface area contributed by atoms with Crippen molar-refractivity contribution in [3.05, 3.63) is 77.6 Å². The number of thioether (sulfide) groups is 1. The molecule has 2 heterocycles. The van der Waals surface area contributed by atoms with Crippen LogP contribution in [0.5, 0.6) is 0 Å². The van der Waals surface area contributed by atoms with Crippen molar-refractivity contribution in [2.45, 2.75) is 29.3 Å². The number of hydrogen-bond donors (Lipinski definition) is 1. The molecule has 1 aromatic heterocycles. The van der Waals surface area contributed by atoms with Gasteiger partial charge in [0.25, 0.3) is 5.91 Å². The van der Waals surface area contributed by atoms with Crippen molar-refractivity contribution in [3.8, 4) is 11.1 Å². The highest BCUT2D eigenvalue weighted by Gasteiger charge is 2.42. The Labute approximate surface area is 197 Å². The first-order valence-electron chi connectivity index (χ1n) is 9.84. The van der Waals surface area contributed by atoms with Gasteiger partial charge in [-0.05, 0) is 65.4 Å². The standard InChI is InChI=1S/C23H17ClF3N3O2S/c1-13(18-10-11-28-12-19(18)14-2-4-15(24)5-3-14)20-21(31)30(22(32)29-20)16-6-8-17(9-7-16)33-23(25,26)27/h2-13,20H,1H3,(H,29,32). The zero-order valence-corrected chi connectivity index (χ0v) is 18.7. The van der Waals surface area contributed by atoms with Crippen LogP contribution in [0.15, 0.2) is 71.9 Å². The van der Waals surface area contributed by atoms with Gasteiger partial charge in [-0.2, -0.15) is 13.2 Å². The zero-order chi connectivity index (χ0) is 23.8. The van der Waals surface area contributed by atoms with Crippen LogP contribution in [0.2, 0.25) is 5.02 Å². The number of urea groups is 1. The molecule has 10 heteroatoms. The maximum Gasteiger partial charge on any atom is 0.446 e. The highest BCUT2D eigenvalue weighted by molar-refractivity contribution is 8.00. The summed E-state index contributed by atoms with van der Waals surface area (Å²) in [6.45, 7) is 1.82. The van der Waals surface area contributed by atoms with Crippen LogP contribution < -0.4 is 10.2 Å². The highest BCUT2D eigenvalue weighted by Crippen LogP contribution is 2.38. The van der Waals surface area contributed by atoms with Crippen molar-refractivity contribution in [2.75, 3.05) is 4.90 Å². The van der Waals surface area contributed by atoms with Gasteiger partial charge in [0.1, 0.15) is 6.04 Å². The molecule has 170 valence electrons. The molecule has 1 N–H and O–H groups in total. The van der Waals surface area contributed by atoms with E-state index >= 15 is 0 Å². The van der Waals surface area contributed by atoms with Gasteiger partial charge in [0, 0.05) is 33.8 Å². The van der Waals surface area contributed by atoms with E-state index in [9.17, 15) is 22.8 Å². The Balaban J connectivity index is 1.59. The Hall–Kier alpha value is -3.04.